The molecular weight excluding hydrogens is 520 g/mol. The van der Waals surface area contributed by atoms with Gasteiger partial charge in [-0.25, -0.2) is 0 Å². The Bertz CT molecular complexity index is 1890. The van der Waals surface area contributed by atoms with Gasteiger partial charge < -0.3 is 14.9 Å². The molecule has 0 radical (unpaired) electrons. The first-order chi connectivity index (χ1) is 20.5. The number of hydrogen-bond acceptors (Lipinski definition) is 4. The van der Waals surface area contributed by atoms with Gasteiger partial charge in [-0.3, -0.25) is 4.79 Å². The Kier molecular flexibility index (Phi) is 7.61. The first-order valence-electron chi connectivity index (χ1n) is 14.3. The molecule has 208 valence electrons. The SMILES string of the molecule is COC(=O)CCCCc1ccc2c(-c3c(O)c(-c4ccccc4)cc4ccccc34)c(O)c(-c3ccccc3)cc2c1. The average molecular weight is 553 g/mol. The van der Waals surface area contributed by atoms with Crippen LogP contribution < -0.4 is 0 Å². The maximum Gasteiger partial charge on any atom is 0.305 e. The Morgan fingerprint density at radius 3 is 1.79 bits per heavy atom. The smallest absolute Gasteiger partial charge is 0.305 e. The lowest BCUT2D eigenvalue weighted by Gasteiger charge is -2.20. The second-order valence-electron chi connectivity index (χ2n) is 10.6. The third-order valence-electron chi connectivity index (χ3n) is 7.94. The molecule has 42 heavy (non-hydrogen) atoms. The lowest BCUT2D eigenvalue weighted by molar-refractivity contribution is -0.140. The van der Waals surface area contributed by atoms with Crippen molar-refractivity contribution in [2.24, 2.45) is 0 Å². The fourth-order valence-corrected chi connectivity index (χ4v) is 5.82. The van der Waals surface area contributed by atoms with E-state index in [1.165, 1.54) is 7.11 Å². The maximum atomic E-state index is 12.0. The molecule has 0 saturated carbocycles. The molecule has 4 nitrogen and oxygen atoms in total. The minimum atomic E-state index is -0.189. The standard InChI is InChI=1S/C38H32O4/c1-42-34(39)19-11-8-12-25-20-21-31-29(22-25)24-33(27-15-6-3-7-16-27)38(41)36(31)35-30-18-10-9-17-28(30)23-32(37(35)40)26-13-4-2-5-14-26/h2-7,9-10,13-18,20-24,40-41H,8,11-12,19H2,1H3. The monoisotopic (exact) mass is 552 g/mol. The number of fused-ring (bicyclic) bond motifs is 2. The zero-order valence-corrected chi connectivity index (χ0v) is 23.5. The predicted molar refractivity (Wildman–Crippen MR) is 171 cm³/mol. The van der Waals surface area contributed by atoms with Crippen molar-refractivity contribution in [1.29, 1.82) is 0 Å². The lowest BCUT2D eigenvalue weighted by atomic mass is 9.86. The molecule has 4 heteroatoms. The molecule has 0 spiro atoms. The van der Waals surface area contributed by atoms with Gasteiger partial charge in [-0.15, -0.1) is 0 Å². The number of ether oxygens (including phenoxy) is 1. The quantitative estimate of drug-likeness (QED) is 0.146. The summed E-state index contributed by atoms with van der Waals surface area (Å²) in [6.45, 7) is 0. The topological polar surface area (TPSA) is 66.8 Å². The molecule has 0 aliphatic heterocycles. The molecular formula is C38H32O4. The van der Waals surface area contributed by atoms with Gasteiger partial charge in [0.25, 0.3) is 0 Å². The minimum absolute atomic E-state index is 0.130. The Balaban J connectivity index is 1.59. The Hall–Kier alpha value is -5.09. The third kappa shape index (κ3) is 5.19. The number of aromatic hydroxyl groups is 2. The Morgan fingerprint density at radius 2 is 1.17 bits per heavy atom. The van der Waals surface area contributed by atoms with E-state index in [9.17, 15) is 15.0 Å². The van der Waals surface area contributed by atoms with Crippen LogP contribution in [0.15, 0.2) is 115 Å². The van der Waals surface area contributed by atoms with Gasteiger partial charge in [-0.2, -0.15) is 0 Å². The summed E-state index contributed by atoms with van der Waals surface area (Å²) in [5.74, 6) is 0.0738. The van der Waals surface area contributed by atoms with Gasteiger partial charge >= 0.3 is 5.97 Å². The highest BCUT2D eigenvalue weighted by molar-refractivity contribution is 6.14. The Morgan fingerprint density at radius 1 is 0.619 bits per heavy atom. The normalized spacial score (nSPS) is 11.2. The summed E-state index contributed by atoms with van der Waals surface area (Å²) >= 11 is 0. The van der Waals surface area contributed by atoms with Crippen LogP contribution in [0.2, 0.25) is 0 Å². The van der Waals surface area contributed by atoms with Gasteiger partial charge in [0.1, 0.15) is 11.5 Å². The summed E-state index contributed by atoms with van der Waals surface area (Å²) in [5.41, 5.74) is 5.57. The molecule has 6 rings (SSSR count). The van der Waals surface area contributed by atoms with E-state index in [0.717, 1.165) is 57.5 Å². The molecule has 0 unspecified atom stereocenters. The van der Waals surface area contributed by atoms with Gasteiger partial charge in [0.15, 0.2) is 0 Å². The number of carbonyl (C=O) groups is 1. The van der Waals surface area contributed by atoms with Crippen molar-refractivity contribution >= 4 is 27.5 Å². The number of carbonyl (C=O) groups excluding carboxylic acids is 1. The van der Waals surface area contributed by atoms with Crippen LogP contribution in [0.4, 0.5) is 0 Å². The van der Waals surface area contributed by atoms with Crippen LogP contribution in [-0.2, 0) is 16.0 Å². The van der Waals surface area contributed by atoms with Crippen molar-refractivity contribution in [3.8, 4) is 44.9 Å². The van der Waals surface area contributed by atoms with Crippen LogP contribution in [0.5, 0.6) is 11.5 Å². The molecule has 2 N–H and O–H groups in total. The highest BCUT2D eigenvalue weighted by atomic mass is 16.5. The molecule has 0 fully saturated rings. The van der Waals surface area contributed by atoms with Crippen LogP contribution in [0, 0.1) is 0 Å². The maximum absolute atomic E-state index is 12.0. The van der Waals surface area contributed by atoms with E-state index in [2.05, 4.69) is 12.1 Å². The fraction of sp³-hybridized carbons (Fsp3) is 0.132. The molecule has 0 aromatic heterocycles. The number of esters is 1. The first kappa shape index (κ1) is 27.1. The summed E-state index contributed by atoms with van der Waals surface area (Å²) in [5, 5.41) is 27.6. The highest BCUT2D eigenvalue weighted by Gasteiger charge is 2.23. The zero-order chi connectivity index (χ0) is 29.1. The third-order valence-corrected chi connectivity index (χ3v) is 7.94. The molecule has 0 aliphatic rings. The summed E-state index contributed by atoms with van der Waals surface area (Å²) in [4.78, 5) is 11.5. The van der Waals surface area contributed by atoms with Gasteiger partial charge in [0, 0.05) is 28.7 Å². The number of phenolic OH excluding ortho intramolecular Hbond substituents is 2. The van der Waals surface area contributed by atoms with Crippen molar-refractivity contribution in [3.63, 3.8) is 0 Å². The summed E-state index contributed by atoms with van der Waals surface area (Å²) < 4.78 is 4.78. The van der Waals surface area contributed by atoms with Crippen LogP contribution in [0.1, 0.15) is 24.8 Å². The number of hydrogen-bond donors (Lipinski definition) is 2. The average Bonchev–Trinajstić information content (AvgIpc) is 3.04. The van der Waals surface area contributed by atoms with Crippen molar-refractivity contribution < 1.29 is 19.7 Å². The lowest BCUT2D eigenvalue weighted by Crippen LogP contribution is -1.99. The van der Waals surface area contributed by atoms with Gasteiger partial charge in [-0.05, 0) is 69.6 Å². The summed E-state index contributed by atoms with van der Waals surface area (Å²) in [6, 6.07) is 38.0. The molecule has 6 aromatic rings. The van der Waals surface area contributed by atoms with E-state index in [1.54, 1.807) is 0 Å². The molecule has 0 amide bonds. The largest absolute Gasteiger partial charge is 0.507 e. The van der Waals surface area contributed by atoms with E-state index < -0.39 is 0 Å². The van der Waals surface area contributed by atoms with Gasteiger partial charge in [0.2, 0.25) is 0 Å². The van der Waals surface area contributed by atoms with Crippen LogP contribution in [0.3, 0.4) is 0 Å². The number of rotatable bonds is 8. The number of phenols is 2. The van der Waals surface area contributed by atoms with Gasteiger partial charge in [-0.1, -0.05) is 103 Å². The highest BCUT2D eigenvalue weighted by Crippen LogP contribution is 2.51. The van der Waals surface area contributed by atoms with Crippen molar-refractivity contribution in [1.82, 2.24) is 0 Å². The van der Waals surface area contributed by atoms with Crippen LogP contribution in [-0.4, -0.2) is 23.3 Å². The molecule has 0 aliphatic carbocycles. The summed E-state index contributed by atoms with van der Waals surface area (Å²) in [6.07, 6.45) is 2.85. The van der Waals surface area contributed by atoms with E-state index >= 15 is 0 Å². The minimum Gasteiger partial charge on any atom is -0.507 e. The van der Waals surface area contributed by atoms with E-state index in [0.29, 0.717) is 28.7 Å². The zero-order valence-electron chi connectivity index (χ0n) is 23.5. The van der Waals surface area contributed by atoms with Crippen molar-refractivity contribution in [2.75, 3.05) is 7.11 Å². The van der Waals surface area contributed by atoms with Crippen molar-refractivity contribution in [3.05, 3.63) is 121 Å². The predicted octanol–water partition coefficient (Wildman–Crippen LogP) is 9.29. The fourth-order valence-electron chi connectivity index (χ4n) is 5.82. The molecule has 0 bridgehead atoms. The van der Waals surface area contributed by atoms with Crippen LogP contribution >= 0.6 is 0 Å². The number of benzene rings is 6. The Labute approximate surface area is 245 Å². The van der Waals surface area contributed by atoms with E-state index in [4.69, 9.17) is 4.74 Å². The van der Waals surface area contributed by atoms with E-state index in [1.807, 2.05) is 103 Å². The van der Waals surface area contributed by atoms with Gasteiger partial charge in [0.05, 0.1) is 7.11 Å². The molecule has 0 saturated heterocycles. The second kappa shape index (κ2) is 11.8. The second-order valence-corrected chi connectivity index (χ2v) is 10.6. The van der Waals surface area contributed by atoms with Crippen LogP contribution in [0.25, 0.3) is 54.9 Å². The number of unbranched alkanes of at least 4 members (excludes halogenated alkanes) is 1. The van der Waals surface area contributed by atoms with E-state index in [-0.39, 0.29) is 17.5 Å². The molecule has 6 aromatic carbocycles. The molecule has 0 heterocycles. The first-order valence-corrected chi connectivity index (χ1v) is 14.3. The van der Waals surface area contributed by atoms with Crippen molar-refractivity contribution in [2.45, 2.75) is 25.7 Å². The molecule has 0 atom stereocenters. The number of aryl methyl sites for hydroxylation is 1. The summed E-state index contributed by atoms with van der Waals surface area (Å²) in [7, 11) is 1.42. The number of methoxy groups -OCH3 is 1.